The minimum absolute atomic E-state index is 0.0864. The van der Waals surface area contributed by atoms with Crippen molar-refractivity contribution in [1.29, 1.82) is 0 Å². The number of sulfonamides is 1. The predicted molar refractivity (Wildman–Crippen MR) is 74.4 cm³/mol. The van der Waals surface area contributed by atoms with Crippen LogP contribution in [0.5, 0.6) is 0 Å². The fourth-order valence-electron chi connectivity index (χ4n) is 2.14. The van der Waals surface area contributed by atoms with Crippen LogP contribution in [0.1, 0.15) is 22.7 Å². The molecule has 7 nitrogen and oxygen atoms in total. The molecular weight excluding hydrogens is 316 g/mol. The topological polar surface area (TPSA) is 94.0 Å². The molecule has 1 amide bonds. The van der Waals surface area contributed by atoms with Crippen molar-refractivity contribution < 1.29 is 13.2 Å². The number of nitrogens with one attached hydrogen (secondary N) is 1. The van der Waals surface area contributed by atoms with Crippen LogP contribution >= 0.6 is 11.6 Å². The molecule has 1 aliphatic heterocycles. The molecule has 0 aromatic carbocycles. The second kappa shape index (κ2) is 5.12. The summed E-state index contributed by atoms with van der Waals surface area (Å²) in [6.07, 6.45) is 5.76. The van der Waals surface area contributed by atoms with Gasteiger partial charge in [0.05, 0.1) is 5.02 Å². The first-order valence-corrected chi connectivity index (χ1v) is 8.05. The van der Waals surface area contributed by atoms with Crippen LogP contribution in [0.2, 0.25) is 5.02 Å². The van der Waals surface area contributed by atoms with Crippen molar-refractivity contribution >= 4 is 27.5 Å². The highest BCUT2D eigenvalue weighted by molar-refractivity contribution is 7.90. The number of rotatable bonds is 3. The monoisotopic (exact) mass is 326 g/mol. The first-order valence-electron chi connectivity index (χ1n) is 6.19. The maximum absolute atomic E-state index is 12.1. The second-order valence-electron chi connectivity index (χ2n) is 4.61. The van der Waals surface area contributed by atoms with Crippen molar-refractivity contribution in [3.63, 3.8) is 0 Å². The number of halogens is 1. The lowest BCUT2D eigenvalue weighted by Crippen LogP contribution is -2.31. The first-order chi connectivity index (χ1) is 9.95. The fraction of sp³-hybridized carbons (Fsp3) is 0.250. The molecule has 0 unspecified atom stereocenters. The Bertz CT molecular complexity index is 794. The Morgan fingerprint density at radius 2 is 2.19 bits per heavy atom. The minimum Gasteiger partial charge on any atom is -0.334 e. The van der Waals surface area contributed by atoms with E-state index in [2.05, 4.69) is 9.97 Å². The average Bonchev–Trinajstić information content (AvgIpc) is 2.98. The van der Waals surface area contributed by atoms with E-state index < -0.39 is 15.9 Å². The lowest BCUT2D eigenvalue weighted by Gasteiger charge is -2.05. The Balaban J connectivity index is 1.83. The van der Waals surface area contributed by atoms with Crippen LogP contribution < -0.4 is 4.72 Å². The highest BCUT2D eigenvalue weighted by atomic mass is 35.5. The van der Waals surface area contributed by atoms with E-state index in [9.17, 15) is 13.2 Å². The number of fused-ring (bicyclic) bond motifs is 1. The lowest BCUT2D eigenvalue weighted by molar-refractivity contribution is 0.0976. The van der Waals surface area contributed by atoms with Crippen LogP contribution in [-0.4, -0.2) is 28.9 Å². The van der Waals surface area contributed by atoms with Crippen LogP contribution in [0.4, 0.5) is 0 Å². The van der Waals surface area contributed by atoms with E-state index in [1.165, 1.54) is 12.3 Å². The molecule has 0 saturated carbocycles. The van der Waals surface area contributed by atoms with Gasteiger partial charge in [0.15, 0.2) is 0 Å². The molecule has 0 spiro atoms. The van der Waals surface area contributed by atoms with Crippen molar-refractivity contribution in [1.82, 2.24) is 19.3 Å². The Labute approximate surface area is 126 Å². The molecule has 2 aromatic heterocycles. The van der Waals surface area contributed by atoms with Gasteiger partial charge < -0.3 is 4.57 Å². The molecule has 0 fully saturated rings. The quantitative estimate of drug-likeness (QED) is 0.908. The second-order valence-corrected chi connectivity index (χ2v) is 6.73. The summed E-state index contributed by atoms with van der Waals surface area (Å²) in [5.41, 5.74) is 0.0864. The van der Waals surface area contributed by atoms with Gasteiger partial charge in [0.25, 0.3) is 15.9 Å². The molecule has 2 aromatic rings. The van der Waals surface area contributed by atoms with Gasteiger partial charge >= 0.3 is 0 Å². The van der Waals surface area contributed by atoms with Crippen molar-refractivity contribution in [2.24, 2.45) is 0 Å². The zero-order valence-electron chi connectivity index (χ0n) is 10.8. The minimum atomic E-state index is -4.02. The number of hydrogen-bond acceptors (Lipinski definition) is 5. The summed E-state index contributed by atoms with van der Waals surface area (Å²) >= 11 is 5.70. The van der Waals surface area contributed by atoms with Crippen LogP contribution in [0.25, 0.3) is 0 Å². The summed E-state index contributed by atoms with van der Waals surface area (Å²) in [6.45, 7) is 0.792. The summed E-state index contributed by atoms with van der Waals surface area (Å²) in [5, 5.41) is 0.172. The highest BCUT2D eigenvalue weighted by Gasteiger charge is 2.23. The molecule has 9 heteroatoms. The van der Waals surface area contributed by atoms with Gasteiger partial charge in [-0.25, -0.2) is 18.1 Å². The number of hydrogen-bond donors (Lipinski definition) is 1. The highest BCUT2D eigenvalue weighted by Crippen LogP contribution is 2.16. The molecule has 21 heavy (non-hydrogen) atoms. The Morgan fingerprint density at radius 1 is 1.38 bits per heavy atom. The lowest BCUT2D eigenvalue weighted by atomic mass is 10.3. The smallest absolute Gasteiger partial charge is 0.285 e. The number of amides is 1. The van der Waals surface area contributed by atoms with Crippen molar-refractivity contribution in [3.05, 3.63) is 41.2 Å². The Kier molecular flexibility index (Phi) is 3.42. The number of imidazole rings is 1. The van der Waals surface area contributed by atoms with Crippen molar-refractivity contribution in [2.45, 2.75) is 24.3 Å². The van der Waals surface area contributed by atoms with Gasteiger partial charge in [-0.05, 0) is 12.5 Å². The van der Waals surface area contributed by atoms with E-state index >= 15 is 0 Å². The zero-order chi connectivity index (χ0) is 15.0. The van der Waals surface area contributed by atoms with Crippen molar-refractivity contribution in [2.75, 3.05) is 0 Å². The van der Waals surface area contributed by atoms with E-state index in [1.807, 2.05) is 9.29 Å². The molecule has 0 aliphatic carbocycles. The molecule has 0 radical (unpaired) electrons. The normalized spacial score (nSPS) is 14.0. The maximum atomic E-state index is 12.1. The van der Waals surface area contributed by atoms with E-state index in [0.717, 1.165) is 31.4 Å². The Hall–Kier alpha value is -1.93. The van der Waals surface area contributed by atoms with Gasteiger partial charge in [0, 0.05) is 31.6 Å². The largest absolute Gasteiger partial charge is 0.334 e. The number of nitrogens with zero attached hydrogens (tertiary/aromatic N) is 3. The number of carbonyl (C=O) groups excluding carboxylic acids is 1. The van der Waals surface area contributed by atoms with E-state index in [1.54, 1.807) is 6.20 Å². The third-order valence-electron chi connectivity index (χ3n) is 3.11. The molecule has 0 saturated heterocycles. The maximum Gasteiger partial charge on any atom is 0.285 e. The molecule has 3 heterocycles. The van der Waals surface area contributed by atoms with E-state index in [-0.39, 0.29) is 15.6 Å². The average molecular weight is 327 g/mol. The molecule has 3 rings (SSSR count). The van der Waals surface area contributed by atoms with Gasteiger partial charge in [0.1, 0.15) is 16.4 Å². The van der Waals surface area contributed by atoms with E-state index in [0.29, 0.717) is 0 Å². The van der Waals surface area contributed by atoms with Crippen molar-refractivity contribution in [3.8, 4) is 0 Å². The van der Waals surface area contributed by atoms with E-state index in [4.69, 9.17) is 11.6 Å². The molecule has 0 bridgehead atoms. The van der Waals surface area contributed by atoms with Gasteiger partial charge in [-0.3, -0.25) is 9.78 Å². The zero-order valence-corrected chi connectivity index (χ0v) is 12.4. The predicted octanol–water partition coefficient (Wildman–Crippen LogP) is 0.996. The third-order valence-corrected chi connectivity index (χ3v) is 4.61. The molecule has 1 N–H and O–H groups in total. The van der Waals surface area contributed by atoms with Crippen LogP contribution in [0.3, 0.4) is 0 Å². The summed E-state index contributed by atoms with van der Waals surface area (Å²) in [6, 6.07) is 1.22. The Morgan fingerprint density at radius 3 is 2.90 bits per heavy atom. The summed E-state index contributed by atoms with van der Waals surface area (Å²) in [4.78, 5) is 19.7. The SMILES string of the molecule is O=C(NS(=O)(=O)c1cncc(Cl)c1)c1cn2c(n1)CCC2. The fourth-order valence-corrected chi connectivity index (χ4v) is 3.32. The number of pyridine rings is 1. The van der Waals surface area contributed by atoms with Crippen LogP contribution in [0.15, 0.2) is 29.6 Å². The first kappa shape index (κ1) is 14.0. The molecule has 110 valence electrons. The third kappa shape index (κ3) is 2.77. The van der Waals surface area contributed by atoms with Gasteiger partial charge in [-0.2, -0.15) is 0 Å². The number of carbonyl (C=O) groups is 1. The standard InChI is InChI=1S/C12H11ClN4O3S/c13-8-4-9(6-14-5-8)21(19,20)16-12(18)10-7-17-3-1-2-11(17)15-10/h4-7H,1-3H2,(H,16,18). The number of aromatic nitrogens is 3. The van der Waals surface area contributed by atoms with Crippen LogP contribution in [-0.2, 0) is 23.0 Å². The molecule has 1 aliphatic rings. The van der Waals surface area contributed by atoms with Crippen LogP contribution in [0, 0.1) is 0 Å². The van der Waals surface area contributed by atoms with Gasteiger partial charge in [0.2, 0.25) is 0 Å². The molecular formula is C12H11ClN4O3S. The summed E-state index contributed by atoms with van der Waals surface area (Å²) in [7, 11) is -4.02. The molecule has 0 atom stereocenters. The van der Waals surface area contributed by atoms with Gasteiger partial charge in [-0.15, -0.1) is 0 Å². The summed E-state index contributed by atoms with van der Waals surface area (Å²) in [5.74, 6) is 0.0267. The summed E-state index contributed by atoms with van der Waals surface area (Å²) < 4.78 is 28.0. The number of aryl methyl sites for hydroxylation is 2. The van der Waals surface area contributed by atoms with Gasteiger partial charge in [-0.1, -0.05) is 11.6 Å².